The third kappa shape index (κ3) is 5.71. The number of thioether (sulfide) groups is 1. The first-order valence-electron chi connectivity index (χ1n) is 11.1. The van der Waals surface area contributed by atoms with Crippen molar-refractivity contribution in [3.8, 4) is 5.69 Å². The summed E-state index contributed by atoms with van der Waals surface area (Å²) < 4.78 is 2.00. The molecule has 2 amide bonds. The number of benzene rings is 2. The van der Waals surface area contributed by atoms with Crippen LogP contribution in [-0.4, -0.2) is 52.0 Å². The van der Waals surface area contributed by atoms with Crippen molar-refractivity contribution in [2.24, 2.45) is 0 Å². The molecule has 34 heavy (non-hydrogen) atoms. The Morgan fingerprint density at radius 2 is 1.76 bits per heavy atom. The number of carbonyl (C=O) groups excluding carboxylic acids is 2. The molecule has 178 valence electrons. The molecule has 0 spiro atoms. The Hall–Kier alpha value is -3.04. The number of aryl methyl sites for hydroxylation is 1. The lowest BCUT2D eigenvalue weighted by atomic mass is 10.2. The number of hydrogen-bond acceptors (Lipinski definition) is 6. The molecule has 0 bridgehead atoms. The van der Waals surface area contributed by atoms with E-state index in [0.717, 1.165) is 43.1 Å². The van der Waals surface area contributed by atoms with E-state index in [4.69, 9.17) is 11.6 Å². The van der Waals surface area contributed by atoms with Gasteiger partial charge in [-0.2, -0.15) is 0 Å². The van der Waals surface area contributed by atoms with E-state index >= 15 is 0 Å². The van der Waals surface area contributed by atoms with Crippen LogP contribution in [0.3, 0.4) is 0 Å². The zero-order valence-electron chi connectivity index (χ0n) is 19.2. The Kier molecular flexibility index (Phi) is 7.74. The lowest BCUT2D eigenvalue weighted by molar-refractivity contribution is -0.122. The number of anilines is 2. The first kappa shape index (κ1) is 24.1. The van der Waals surface area contributed by atoms with E-state index in [1.807, 2.05) is 42.7 Å². The average Bonchev–Trinajstić information content (AvgIpc) is 3.50. The van der Waals surface area contributed by atoms with Gasteiger partial charge in [0.05, 0.1) is 18.0 Å². The van der Waals surface area contributed by atoms with Crippen molar-refractivity contribution in [1.82, 2.24) is 20.1 Å². The topological polar surface area (TPSA) is 92.2 Å². The summed E-state index contributed by atoms with van der Waals surface area (Å²) in [7, 11) is 0. The van der Waals surface area contributed by atoms with Gasteiger partial charge < -0.3 is 15.5 Å². The second kappa shape index (κ2) is 10.9. The maximum atomic E-state index is 12.4. The molecule has 3 aromatic rings. The van der Waals surface area contributed by atoms with Gasteiger partial charge in [0.2, 0.25) is 17.8 Å². The van der Waals surface area contributed by atoms with Gasteiger partial charge >= 0.3 is 0 Å². The van der Waals surface area contributed by atoms with Gasteiger partial charge in [0.1, 0.15) is 0 Å². The monoisotopic (exact) mass is 498 g/mol. The van der Waals surface area contributed by atoms with Gasteiger partial charge in [0.15, 0.2) is 5.16 Å². The number of rotatable bonds is 8. The molecule has 0 unspecified atom stereocenters. The molecule has 4 rings (SSSR count). The lowest BCUT2D eigenvalue weighted by Crippen LogP contribution is -2.34. The molecule has 0 atom stereocenters. The van der Waals surface area contributed by atoms with Gasteiger partial charge in [-0.3, -0.25) is 14.2 Å². The van der Waals surface area contributed by atoms with Crippen LogP contribution in [0.1, 0.15) is 24.0 Å². The smallest absolute Gasteiger partial charge is 0.243 e. The van der Waals surface area contributed by atoms with Crippen LogP contribution in [0.25, 0.3) is 5.69 Å². The quantitative estimate of drug-likeness (QED) is 0.456. The molecule has 1 aliphatic heterocycles. The normalized spacial score (nSPS) is 13.2. The molecule has 0 radical (unpaired) electrons. The first-order chi connectivity index (χ1) is 16.4. The van der Waals surface area contributed by atoms with Gasteiger partial charge in [-0.25, -0.2) is 0 Å². The molecule has 1 aliphatic rings. The number of nitrogens with zero attached hydrogens (tertiary/aromatic N) is 4. The molecule has 0 saturated carbocycles. The summed E-state index contributed by atoms with van der Waals surface area (Å²) >= 11 is 7.39. The van der Waals surface area contributed by atoms with Crippen LogP contribution in [-0.2, 0) is 9.59 Å². The number of nitrogens with one attached hydrogen (secondary N) is 2. The summed E-state index contributed by atoms with van der Waals surface area (Å²) in [4.78, 5) is 26.9. The Bertz CT molecular complexity index is 1170. The average molecular weight is 499 g/mol. The number of hydrogen-bond donors (Lipinski definition) is 2. The van der Waals surface area contributed by atoms with E-state index < -0.39 is 0 Å². The van der Waals surface area contributed by atoms with Crippen LogP contribution in [0.5, 0.6) is 0 Å². The van der Waals surface area contributed by atoms with Gasteiger partial charge in [0, 0.05) is 23.8 Å². The molecule has 1 saturated heterocycles. The number of amides is 2. The Morgan fingerprint density at radius 3 is 2.50 bits per heavy atom. The minimum Gasteiger partial charge on any atom is -0.346 e. The SMILES string of the molecule is Cc1ccc(-n2c(SCC(=O)NCC(=O)Nc3cccc(Cl)c3C)nnc2N2CCCC2)cc1. The third-order valence-corrected chi connectivity index (χ3v) is 6.96. The van der Waals surface area contributed by atoms with Crippen LogP contribution in [0, 0.1) is 13.8 Å². The largest absolute Gasteiger partial charge is 0.346 e. The van der Waals surface area contributed by atoms with Crippen LogP contribution >= 0.6 is 23.4 Å². The zero-order valence-corrected chi connectivity index (χ0v) is 20.7. The van der Waals surface area contributed by atoms with E-state index in [2.05, 4.69) is 25.7 Å². The number of aromatic nitrogens is 3. The van der Waals surface area contributed by atoms with Crippen molar-refractivity contribution in [1.29, 1.82) is 0 Å². The molecule has 8 nitrogen and oxygen atoms in total. The van der Waals surface area contributed by atoms with Gasteiger partial charge in [-0.1, -0.05) is 47.1 Å². The fourth-order valence-electron chi connectivity index (χ4n) is 3.69. The minimum absolute atomic E-state index is 0.119. The van der Waals surface area contributed by atoms with Crippen LogP contribution < -0.4 is 15.5 Å². The molecule has 2 aromatic carbocycles. The Balaban J connectivity index is 1.38. The highest BCUT2D eigenvalue weighted by Gasteiger charge is 2.23. The molecule has 0 aliphatic carbocycles. The van der Waals surface area contributed by atoms with Crippen molar-refractivity contribution in [2.45, 2.75) is 31.8 Å². The second-order valence-electron chi connectivity index (χ2n) is 8.17. The molecular weight excluding hydrogens is 472 g/mol. The van der Waals surface area contributed by atoms with E-state index in [9.17, 15) is 9.59 Å². The van der Waals surface area contributed by atoms with Crippen LogP contribution in [0.2, 0.25) is 5.02 Å². The molecular formula is C24H27ClN6O2S. The summed E-state index contributed by atoms with van der Waals surface area (Å²) in [6.45, 7) is 5.62. The zero-order chi connectivity index (χ0) is 24.1. The summed E-state index contributed by atoms with van der Waals surface area (Å²) in [6, 6.07) is 13.5. The maximum absolute atomic E-state index is 12.4. The standard InChI is InChI=1S/C24H27ClN6O2S/c1-16-8-10-18(11-9-16)31-23(30-12-3-4-13-30)28-29-24(31)34-15-22(33)26-14-21(32)27-20-7-5-6-19(25)17(20)2/h5-11H,3-4,12-15H2,1-2H3,(H,26,33)(H,27,32). The third-order valence-electron chi connectivity index (χ3n) is 5.62. The second-order valence-corrected chi connectivity index (χ2v) is 9.52. The molecule has 1 fully saturated rings. The highest BCUT2D eigenvalue weighted by atomic mass is 35.5. The fraction of sp³-hybridized carbons (Fsp3) is 0.333. The van der Waals surface area contributed by atoms with E-state index in [1.54, 1.807) is 18.2 Å². The summed E-state index contributed by atoms with van der Waals surface area (Å²) in [5.41, 5.74) is 3.53. The highest BCUT2D eigenvalue weighted by molar-refractivity contribution is 7.99. The van der Waals surface area contributed by atoms with E-state index in [0.29, 0.717) is 15.9 Å². The predicted octanol–water partition coefficient (Wildman–Crippen LogP) is 3.98. The molecule has 1 aromatic heterocycles. The minimum atomic E-state index is -0.317. The summed E-state index contributed by atoms with van der Waals surface area (Å²) in [5, 5.41) is 15.4. The van der Waals surface area contributed by atoms with Crippen LogP contribution in [0.15, 0.2) is 47.6 Å². The van der Waals surface area contributed by atoms with Crippen LogP contribution in [0.4, 0.5) is 11.6 Å². The lowest BCUT2D eigenvalue weighted by Gasteiger charge is -2.18. The Morgan fingerprint density at radius 1 is 1.03 bits per heavy atom. The maximum Gasteiger partial charge on any atom is 0.243 e. The number of carbonyl (C=O) groups is 2. The predicted molar refractivity (Wildman–Crippen MR) is 136 cm³/mol. The molecule has 2 heterocycles. The number of halogens is 1. The summed E-state index contributed by atoms with van der Waals surface area (Å²) in [5.74, 6) is 0.334. The summed E-state index contributed by atoms with van der Waals surface area (Å²) in [6.07, 6.45) is 2.25. The van der Waals surface area contributed by atoms with Crippen molar-refractivity contribution in [3.63, 3.8) is 0 Å². The van der Waals surface area contributed by atoms with Crippen molar-refractivity contribution < 1.29 is 9.59 Å². The fourth-order valence-corrected chi connectivity index (χ4v) is 4.65. The van der Waals surface area contributed by atoms with E-state index in [-0.39, 0.29) is 24.1 Å². The van der Waals surface area contributed by atoms with Crippen molar-refractivity contribution in [2.75, 3.05) is 35.6 Å². The van der Waals surface area contributed by atoms with E-state index in [1.165, 1.54) is 17.3 Å². The van der Waals surface area contributed by atoms with Gasteiger partial charge in [-0.05, 0) is 56.5 Å². The first-order valence-corrected chi connectivity index (χ1v) is 12.5. The van der Waals surface area contributed by atoms with Crippen molar-refractivity contribution >= 4 is 46.8 Å². The van der Waals surface area contributed by atoms with Gasteiger partial charge in [0.25, 0.3) is 0 Å². The Labute approximate surface area is 208 Å². The molecule has 10 heteroatoms. The molecule has 2 N–H and O–H groups in total. The van der Waals surface area contributed by atoms with Gasteiger partial charge in [-0.15, -0.1) is 10.2 Å². The van der Waals surface area contributed by atoms with Crippen molar-refractivity contribution in [3.05, 3.63) is 58.6 Å². The highest BCUT2D eigenvalue weighted by Crippen LogP contribution is 2.28.